The molecule has 122 valence electrons. The van der Waals surface area contributed by atoms with Gasteiger partial charge in [-0.1, -0.05) is 19.3 Å². The number of hydrogen-bond acceptors (Lipinski definition) is 3. The smallest absolute Gasteiger partial charge is 0.254 e. The second-order valence-corrected chi connectivity index (χ2v) is 6.71. The molecule has 1 fully saturated rings. The molecule has 6 nitrogen and oxygen atoms in total. The highest BCUT2D eigenvalue weighted by molar-refractivity contribution is 5.93. The Morgan fingerprint density at radius 1 is 1.22 bits per heavy atom. The van der Waals surface area contributed by atoms with Crippen LogP contribution in [0.5, 0.6) is 0 Å². The van der Waals surface area contributed by atoms with Crippen LogP contribution in [0, 0.1) is 0 Å². The van der Waals surface area contributed by atoms with E-state index in [-0.39, 0.29) is 11.9 Å². The molecule has 1 amide bonds. The average Bonchev–Trinajstić information content (AvgIpc) is 3.24. The zero-order valence-electron chi connectivity index (χ0n) is 13.3. The molecule has 2 aromatic heterocycles. The topological polar surface area (TPSA) is 64.7 Å². The van der Waals surface area contributed by atoms with Crippen molar-refractivity contribution in [1.82, 2.24) is 24.6 Å². The number of imidazole rings is 1. The van der Waals surface area contributed by atoms with Gasteiger partial charge >= 0.3 is 0 Å². The molecule has 3 heterocycles. The minimum Gasteiger partial charge on any atom is -0.347 e. The number of aromatic nitrogens is 4. The Labute approximate surface area is 135 Å². The van der Waals surface area contributed by atoms with E-state index >= 15 is 0 Å². The molecule has 6 heteroatoms. The van der Waals surface area contributed by atoms with E-state index in [2.05, 4.69) is 20.0 Å². The SMILES string of the molecule is O=C(N[C@@H]1CCc2nccn2C1)c1cnn(C2CCCCC2)c1. The second-order valence-electron chi connectivity index (χ2n) is 6.71. The third-order valence-electron chi connectivity index (χ3n) is 5.08. The molecule has 1 aliphatic heterocycles. The van der Waals surface area contributed by atoms with Crippen molar-refractivity contribution in [3.05, 3.63) is 36.2 Å². The van der Waals surface area contributed by atoms with Crippen LogP contribution < -0.4 is 5.32 Å². The summed E-state index contributed by atoms with van der Waals surface area (Å²) in [5.41, 5.74) is 0.673. The number of nitrogens with zero attached hydrogens (tertiary/aromatic N) is 4. The van der Waals surface area contributed by atoms with Crippen LogP contribution in [0.25, 0.3) is 0 Å². The number of nitrogens with one attached hydrogen (secondary N) is 1. The molecule has 2 aliphatic rings. The number of amides is 1. The van der Waals surface area contributed by atoms with Gasteiger partial charge in [-0.3, -0.25) is 9.48 Å². The molecule has 1 N–H and O–H groups in total. The zero-order chi connectivity index (χ0) is 15.6. The molecule has 1 saturated carbocycles. The lowest BCUT2D eigenvalue weighted by Gasteiger charge is -2.24. The van der Waals surface area contributed by atoms with Crippen molar-refractivity contribution in [2.24, 2.45) is 0 Å². The van der Waals surface area contributed by atoms with E-state index < -0.39 is 0 Å². The molecule has 0 aromatic carbocycles. The van der Waals surface area contributed by atoms with Crippen LogP contribution in [0.3, 0.4) is 0 Å². The van der Waals surface area contributed by atoms with E-state index in [9.17, 15) is 4.79 Å². The summed E-state index contributed by atoms with van der Waals surface area (Å²) in [7, 11) is 0. The molecule has 0 radical (unpaired) electrons. The summed E-state index contributed by atoms with van der Waals surface area (Å²) in [5.74, 6) is 1.10. The Hall–Kier alpha value is -2.11. The predicted molar refractivity (Wildman–Crippen MR) is 86.2 cm³/mol. The molecule has 0 saturated heterocycles. The normalized spacial score (nSPS) is 21.8. The second kappa shape index (κ2) is 6.18. The van der Waals surface area contributed by atoms with Crippen LogP contribution in [0.15, 0.2) is 24.8 Å². The lowest BCUT2D eigenvalue weighted by Crippen LogP contribution is -2.40. The minimum absolute atomic E-state index is 0.0133. The van der Waals surface area contributed by atoms with Gasteiger partial charge in [0.25, 0.3) is 5.91 Å². The minimum atomic E-state index is -0.0133. The highest BCUT2D eigenvalue weighted by Crippen LogP contribution is 2.27. The molecule has 0 bridgehead atoms. The van der Waals surface area contributed by atoms with Crippen LogP contribution in [-0.2, 0) is 13.0 Å². The average molecular weight is 313 g/mol. The quantitative estimate of drug-likeness (QED) is 0.946. The van der Waals surface area contributed by atoms with Crippen molar-refractivity contribution in [2.45, 2.75) is 63.6 Å². The first-order valence-corrected chi connectivity index (χ1v) is 8.64. The lowest BCUT2D eigenvalue weighted by atomic mass is 9.96. The molecule has 23 heavy (non-hydrogen) atoms. The third-order valence-corrected chi connectivity index (χ3v) is 5.08. The Kier molecular flexibility index (Phi) is 3.89. The molecular formula is C17H23N5O. The Bertz CT molecular complexity index is 683. The van der Waals surface area contributed by atoms with Crippen molar-refractivity contribution in [3.8, 4) is 0 Å². The summed E-state index contributed by atoms with van der Waals surface area (Å²) in [6.07, 6.45) is 15.5. The molecule has 1 atom stereocenters. The molecule has 0 unspecified atom stereocenters. The first kappa shape index (κ1) is 14.5. The first-order chi connectivity index (χ1) is 11.3. The van der Waals surface area contributed by atoms with E-state index in [1.807, 2.05) is 23.3 Å². The summed E-state index contributed by atoms with van der Waals surface area (Å²) in [4.78, 5) is 16.8. The van der Waals surface area contributed by atoms with Gasteiger partial charge in [0.2, 0.25) is 0 Å². The van der Waals surface area contributed by atoms with E-state index in [1.165, 1.54) is 32.1 Å². The van der Waals surface area contributed by atoms with Crippen molar-refractivity contribution in [2.75, 3.05) is 0 Å². The highest BCUT2D eigenvalue weighted by atomic mass is 16.1. The molecule has 2 aromatic rings. The number of aryl methyl sites for hydroxylation is 1. The molecular weight excluding hydrogens is 290 g/mol. The molecule has 4 rings (SSSR count). The van der Waals surface area contributed by atoms with Crippen LogP contribution in [0.2, 0.25) is 0 Å². The van der Waals surface area contributed by atoms with Crippen LogP contribution in [0.4, 0.5) is 0 Å². The summed E-state index contributed by atoms with van der Waals surface area (Å²) in [6, 6.07) is 0.635. The van der Waals surface area contributed by atoms with E-state index in [0.717, 1.165) is 25.2 Å². The number of hydrogen-bond donors (Lipinski definition) is 1. The van der Waals surface area contributed by atoms with E-state index in [0.29, 0.717) is 11.6 Å². The molecule has 0 spiro atoms. The van der Waals surface area contributed by atoms with Gasteiger partial charge < -0.3 is 9.88 Å². The van der Waals surface area contributed by atoms with Crippen molar-refractivity contribution in [3.63, 3.8) is 0 Å². The van der Waals surface area contributed by atoms with Crippen LogP contribution in [-0.4, -0.2) is 31.3 Å². The number of fused-ring (bicyclic) bond motifs is 1. The summed E-state index contributed by atoms with van der Waals surface area (Å²) in [6.45, 7) is 0.803. The first-order valence-electron chi connectivity index (χ1n) is 8.64. The summed E-state index contributed by atoms with van der Waals surface area (Å²) < 4.78 is 4.11. The Balaban J connectivity index is 1.39. The van der Waals surface area contributed by atoms with Crippen LogP contribution in [0.1, 0.15) is 60.7 Å². The maximum absolute atomic E-state index is 12.5. The number of rotatable bonds is 3. The molecule has 1 aliphatic carbocycles. The van der Waals surface area contributed by atoms with Gasteiger partial charge in [0.05, 0.1) is 17.8 Å². The lowest BCUT2D eigenvalue weighted by molar-refractivity contribution is 0.0927. The highest BCUT2D eigenvalue weighted by Gasteiger charge is 2.22. The standard InChI is InChI=1S/C17H23N5O/c23-17(20-14-6-7-16-18-8-9-21(16)12-14)13-10-19-22(11-13)15-4-2-1-3-5-15/h8-11,14-15H,1-7,12H2,(H,20,23)/t14-/m1/s1. The number of carbonyl (C=O) groups excluding carboxylic acids is 1. The van der Waals surface area contributed by atoms with E-state index in [4.69, 9.17) is 0 Å². The van der Waals surface area contributed by atoms with Gasteiger partial charge in [-0.05, 0) is 19.3 Å². The van der Waals surface area contributed by atoms with Gasteiger partial charge in [-0.15, -0.1) is 0 Å². The fourth-order valence-corrected chi connectivity index (χ4v) is 3.75. The van der Waals surface area contributed by atoms with E-state index in [1.54, 1.807) is 6.20 Å². The third kappa shape index (κ3) is 3.02. The number of carbonyl (C=O) groups is 1. The predicted octanol–water partition coefficient (Wildman–Crippen LogP) is 2.33. The fraction of sp³-hybridized carbons (Fsp3) is 0.588. The fourth-order valence-electron chi connectivity index (χ4n) is 3.75. The summed E-state index contributed by atoms with van der Waals surface area (Å²) in [5, 5.41) is 7.56. The largest absolute Gasteiger partial charge is 0.347 e. The maximum Gasteiger partial charge on any atom is 0.254 e. The zero-order valence-corrected chi connectivity index (χ0v) is 13.3. The maximum atomic E-state index is 12.5. The van der Waals surface area contributed by atoms with Gasteiger partial charge in [0.1, 0.15) is 5.82 Å². The van der Waals surface area contributed by atoms with Crippen molar-refractivity contribution in [1.29, 1.82) is 0 Å². The Morgan fingerprint density at radius 3 is 2.96 bits per heavy atom. The van der Waals surface area contributed by atoms with Gasteiger partial charge in [0.15, 0.2) is 0 Å². The van der Waals surface area contributed by atoms with Gasteiger partial charge in [-0.2, -0.15) is 5.10 Å². The van der Waals surface area contributed by atoms with Crippen molar-refractivity contribution >= 4 is 5.91 Å². The van der Waals surface area contributed by atoms with Crippen LogP contribution >= 0.6 is 0 Å². The van der Waals surface area contributed by atoms with Gasteiger partial charge in [-0.25, -0.2) is 4.98 Å². The van der Waals surface area contributed by atoms with Gasteiger partial charge in [0, 0.05) is 37.6 Å². The monoisotopic (exact) mass is 313 g/mol. The summed E-state index contributed by atoms with van der Waals surface area (Å²) >= 11 is 0. The van der Waals surface area contributed by atoms with Crippen molar-refractivity contribution < 1.29 is 4.79 Å². The Morgan fingerprint density at radius 2 is 2.09 bits per heavy atom.